The molecule has 4 aromatic rings. The van der Waals surface area contributed by atoms with Crippen molar-refractivity contribution >= 4 is 34.3 Å². The second kappa shape index (κ2) is 11.7. The quantitative estimate of drug-likeness (QED) is 0.211. The summed E-state index contributed by atoms with van der Waals surface area (Å²) < 4.78 is 59.3. The summed E-state index contributed by atoms with van der Waals surface area (Å²) in [6.45, 7) is 7.29. The molecule has 9 nitrogen and oxygen atoms in total. The molecule has 1 aliphatic carbocycles. The summed E-state index contributed by atoms with van der Waals surface area (Å²) >= 11 is 0. The van der Waals surface area contributed by atoms with Gasteiger partial charge in [-0.15, -0.1) is 0 Å². The predicted molar refractivity (Wildman–Crippen MR) is 162 cm³/mol. The number of nitrogens with zero attached hydrogens (tertiary/aromatic N) is 5. The molecule has 0 atom stereocenters. The van der Waals surface area contributed by atoms with Gasteiger partial charge in [-0.1, -0.05) is 12.1 Å². The van der Waals surface area contributed by atoms with Crippen LogP contribution in [0.15, 0.2) is 48.9 Å². The summed E-state index contributed by atoms with van der Waals surface area (Å²) in [7, 11) is 0. The lowest BCUT2D eigenvalue weighted by Crippen LogP contribution is -2.48. The van der Waals surface area contributed by atoms with Crippen LogP contribution in [0.2, 0.25) is 0 Å². The lowest BCUT2D eigenvalue weighted by molar-refractivity contribution is -0.138. The first-order valence-corrected chi connectivity index (χ1v) is 14.6. The second-order valence-electron chi connectivity index (χ2n) is 11.7. The number of carbonyl (C=O) groups is 1. The van der Waals surface area contributed by atoms with Crippen molar-refractivity contribution in [3.63, 3.8) is 0 Å². The Balaban J connectivity index is 1.16. The van der Waals surface area contributed by atoms with Crippen molar-refractivity contribution in [2.45, 2.75) is 51.5 Å². The van der Waals surface area contributed by atoms with Crippen LogP contribution in [-0.4, -0.2) is 62.6 Å². The molecule has 44 heavy (non-hydrogen) atoms. The second-order valence-corrected chi connectivity index (χ2v) is 11.7. The molecule has 0 bridgehead atoms. The number of carbonyl (C=O) groups excluding carboxylic acids is 1. The Hall–Kier alpha value is -4.23. The monoisotopic (exact) mass is 610 g/mol. The van der Waals surface area contributed by atoms with Gasteiger partial charge in [0.25, 0.3) is 0 Å². The number of halogens is 4. The molecule has 4 N–H and O–H groups in total. The van der Waals surface area contributed by atoms with Gasteiger partial charge in [-0.05, 0) is 62.1 Å². The smallest absolute Gasteiger partial charge is 0.383 e. The molecule has 1 saturated carbocycles. The van der Waals surface area contributed by atoms with Gasteiger partial charge in [0.1, 0.15) is 23.6 Å². The predicted octanol–water partition coefficient (Wildman–Crippen LogP) is 6.34. The summed E-state index contributed by atoms with van der Waals surface area (Å²) in [6.07, 6.45) is 0.704. The van der Waals surface area contributed by atoms with Gasteiger partial charge in [0.15, 0.2) is 0 Å². The number of anilines is 3. The first-order valence-electron chi connectivity index (χ1n) is 14.6. The van der Waals surface area contributed by atoms with Crippen molar-refractivity contribution in [1.29, 1.82) is 0 Å². The standard InChI is InChI=1S/C31H34F4N8O/c1-18(2)42-11-9-41(10-12-42)15-20-3-5-21(14-24(20)31(33,34)35)39-30(44)40-26-8-4-19(13-25(26)32)23-16-43(22-6-7-22)29-27(23)28(36)37-17-38-29/h3-5,8,13-14,16-18,22H,6-7,9-12,15H2,1-2H3,(H2,36,37,38)(H2,39,40,44). The van der Waals surface area contributed by atoms with Gasteiger partial charge in [0.05, 0.1) is 16.6 Å². The van der Waals surface area contributed by atoms with Crippen molar-refractivity contribution in [3.8, 4) is 11.1 Å². The van der Waals surface area contributed by atoms with Crippen molar-refractivity contribution in [2.24, 2.45) is 0 Å². The molecule has 2 fully saturated rings. The van der Waals surface area contributed by atoms with Crippen molar-refractivity contribution in [1.82, 2.24) is 24.3 Å². The van der Waals surface area contributed by atoms with E-state index >= 15 is 4.39 Å². The fraction of sp³-hybridized carbons (Fsp3) is 0.387. The van der Waals surface area contributed by atoms with Gasteiger partial charge >= 0.3 is 12.2 Å². The first-order chi connectivity index (χ1) is 21.0. The number of nitrogen functional groups attached to an aromatic ring is 1. The number of hydrogen-bond acceptors (Lipinski definition) is 6. The molecule has 2 aromatic heterocycles. The van der Waals surface area contributed by atoms with Crippen LogP contribution in [0.25, 0.3) is 22.2 Å². The van der Waals surface area contributed by atoms with Gasteiger partial charge < -0.3 is 20.9 Å². The summed E-state index contributed by atoms with van der Waals surface area (Å²) in [4.78, 5) is 25.5. The van der Waals surface area contributed by atoms with Gasteiger partial charge in [-0.25, -0.2) is 19.2 Å². The molecule has 1 aliphatic heterocycles. The maximum absolute atomic E-state index is 15.2. The largest absolute Gasteiger partial charge is 0.416 e. The van der Waals surface area contributed by atoms with E-state index in [1.54, 1.807) is 6.07 Å². The van der Waals surface area contributed by atoms with E-state index in [-0.39, 0.29) is 29.3 Å². The number of nitrogens with two attached hydrogens (primary N) is 1. The number of aromatic nitrogens is 3. The fourth-order valence-electron chi connectivity index (χ4n) is 5.76. The maximum atomic E-state index is 15.2. The Bertz CT molecular complexity index is 1690. The minimum Gasteiger partial charge on any atom is -0.383 e. The van der Waals surface area contributed by atoms with E-state index in [4.69, 9.17) is 5.73 Å². The van der Waals surface area contributed by atoms with E-state index in [0.29, 0.717) is 47.3 Å². The number of urea groups is 1. The molecule has 3 heterocycles. The highest BCUT2D eigenvalue weighted by atomic mass is 19.4. The molecule has 2 amide bonds. The number of alkyl halides is 3. The van der Waals surface area contributed by atoms with Crippen LogP contribution in [0, 0.1) is 5.82 Å². The number of amides is 2. The molecular formula is C31H34F4N8O. The SMILES string of the molecule is CC(C)N1CCN(Cc2ccc(NC(=O)Nc3ccc(-c4cn(C5CC5)c5ncnc(N)c45)cc3F)cc2C(F)(F)F)CC1. The van der Waals surface area contributed by atoms with E-state index in [0.717, 1.165) is 32.0 Å². The number of rotatable bonds is 7. The van der Waals surface area contributed by atoms with Crippen molar-refractivity contribution < 1.29 is 22.4 Å². The topological polar surface area (TPSA) is 104 Å². The molecule has 232 valence electrons. The van der Waals surface area contributed by atoms with Gasteiger partial charge in [0.2, 0.25) is 0 Å². The van der Waals surface area contributed by atoms with Crippen molar-refractivity contribution in [3.05, 3.63) is 65.9 Å². The molecule has 13 heteroatoms. The summed E-state index contributed by atoms with van der Waals surface area (Å²) in [5, 5.41) is 5.43. The van der Waals surface area contributed by atoms with Crippen LogP contribution in [0.1, 0.15) is 43.9 Å². The summed E-state index contributed by atoms with van der Waals surface area (Å²) in [5.41, 5.74) is 7.15. The van der Waals surface area contributed by atoms with E-state index in [9.17, 15) is 18.0 Å². The zero-order valence-corrected chi connectivity index (χ0v) is 24.5. The Kier molecular flexibility index (Phi) is 7.93. The third-order valence-corrected chi connectivity index (χ3v) is 8.31. The Morgan fingerprint density at radius 2 is 1.80 bits per heavy atom. The molecule has 0 radical (unpaired) electrons. The Morgan fingerprint density at radius 1 is 1.05 bits per heavy atom. The van der Waals surface area contributed by atoms with Crippen LogP contribution < -0.4 is 16.4 Å². The summed E-state index contributed by atoms with van der Waals surface area (Å²) in [6, 6.07) is 7.86. The summed E-state index contributed by atoms with van der Waals surface area (Å²) in [5.74, 6) is -0.436. The average Bonchev–Trinajstić information content (AvgIpc) is 3.74. The average molecular weight is 611 g/mol. The third-order valence-electron chi connectivity index (χ3n) is 8.31. The molecule has 6 rings (SSSR count). The van der Waals surface area contributed by atoms with E-state index in [2.05, 4.69) is 39.3 Å². The Labute approximate surface area is 252 Å². The highest BCUT2D eigenvalue weighted by Gasteiger charge is 2.34. The van der Waals surface area contributed by atoms with E-state index in [1.165, 1.54) is 30.6 Å². The molecule has 2 aliphatic rings. The van der Waals surface area contributed by atoms with E-state index in [1.807, 2.05) is 15.7 Å². The molecule has 1 saturated heterocycles. The number of nitrogens with one attached hydrogen (secondary N) is 2. The normalized spacial score (nSPS) is 16.5. The minimum atomic E-state index is -4.61. The van der Waals surface area contributed by atoms with Crippen LogP contribution in [0.3, 0.4) is 0 Å². The lowest BCUT2D eigenvalue weighted by atomic mass is 10.0. The van der Waals surface area contributed by atoms with Gasteiger partial charge in [-0.3, -0.25) is 9.80 Å². The first kappa shape index (κ1) is 29.8. The zero-order valence-electron chi connectivity index (χ0n) is 24.5. The molecule has 2 aromatic carbocycles. The third kappa shape index (κ3) is 6.20. The highest BCUT2D eigenvalue weighted by molar-refractivity contribution is 6.02. The van der Waals surface area contributed by atoms with Crippen LogP contribution in [-0.2, 0) is 12.7 Å². The van der Waals surface area contributed by atoms with Crippen LogP contribution in [0.5, 0.6) is 0 Å². The minimum absolute atomic E-state index is 0.0522. The fourth-order valence-corrected chi connectivity index (χ4v) is 5.76. The molecule has 0 spiro atoms. The van der Waals surface area contributed by atoms with E-state index < -0.39 is 23.6 Å². The van der Waals surface area contributed by atoms with Gasteiger partial charge in [0, 0.05) is 62.3 Å². The number of hydrogen-bond donors (Lipinski definition) is 3. The lowest BCUT2D eigenvalue weighted by Gasteiger charge is -2.37. The molecular weight excluding hydrogens is 576 g/mol. The zero-order chi connectivity index (χ0) is 31.2. The highest BCUT2D eigenvalue weighted by Crippen LogP contribution is 2.42. The van der Waals surface area contributed by atoms with Crippen molar-refractivity contribution in [2.75, 3.05) is 42.5 Å². The van der Waals surface area contributed by atoms with Crippen LogP contribution >= 0.6 is 0 Å². The number of fused-ring (bicyclic) bond motifs is 1. The maximum Gasteiger partial charge on any atom is 0.416 e. The molecule has 0 unspecified atom stereocenters. The number of benzene rings is 2. The Morgan fingerprint density at radius 3 is 2.45 bits per heavy atom. The van der Waals surface area contributed by atoms with Gasteiger partial charge in [-0.2, -0.15) is 13.2 Å². The number of piperazine rings is 1. The van der Waals surface area contributed by atoms with Crippen LogP contribution in [0.4, 0.5) is 39.5 Å².